The summed E-state index contributed by atoms with van der Waals surface area (Å²) in [7, 11) is -10.4. The summed E-state index contributed by atoms with van der Waals surface area (Å²) in [4.78, 5) is 33.0. The van der Waals surface area contributed by atoms with Crippen molar-refractivity contribution in [3.05, 3.63) is 0 Å². The predicted molar refractivity (Wildman–Crippen MR) is 34.7 cm³/mol. The van der Waals surface area contributed by atoms with E-state index in [1.54, 1.807) is 0 Å². The van der Waals surface area contributed by atoms with E-state index in [4.69, 9.17) is 24.7 Å². The fraction of sp³-hybridized carbons (Fsp3) is 1.00. The summed E-state index contributed by atoms with van der Waals surface area (Å²) < 4.78 is 20.5. The zero-order valence-corrected chi connectivity index (χ0v) is 10.9. The van der Waals surface area contributed by atoms with Gasteiger partial charge >= 0.3 is 15.2 Å². The molecule has 0 fully saturated rings. The number of aliphatic hydroxyl groups is 1. The summed E-state index contributed by atoms with van der Waals surface area (Å²) in [5.74, 6) is 0. The van der Waals surface area contributed by atoms with Crippen LogP contribution in [-0.2, 0) is 28.6 Å². The van der Waals surface area contributed by atoms with Crippen molar-refractivity contribution in [2.24, 2.45) is 0 Å². The van der Waals surface area contributed by atoms with Crippen molar-refractivity contribution < 1.29 is 53.3 Å². The van der Waals surface area contributed by atoms with Crippen LogP contribution in [0.2, 0.25) is 0 Å². The molecule has 0 aromatic rings. The van der Waals surface area contributed by atoms with E-state index in [0.29, 0.717) is 6.92 Å². The number of hydrogen-bond acceptors (Lipinski definition) is 3. The van der Waals surface area contributed by atoms with Crippen LogP contribution < -0.4 is 0 Å². The van der Waals surface area contributed by atoms with Crippen molar-refractivity contribution in [1.82, 2.24) is 0 Å². The van der Waals surface area contributed by atoms with E-state index in [9.17, 15) is 9.13 Å². The van der Waals surface area contributed by atoms with E-state index in [1.807, 2.05) is 0 Å². The smallest absolute Gasteiger partial charge is 0.368 e. The van der Waals surface area contributed by atoms with Crippen LogP contribution in [0.25, 0.3) is 0 Å². The van der Waals surface area contributed by atoms with Gasteiger partial charge in [-0.1, -0.05) is 0 Å². The second-order valence-corrected chi connectivity index (χ2v) is 6.33. The minimum atomic E-state index is -5.20. The van der Waals surface area contributed by atoms with Crippen LogP contribution in [0.1, 0.15) is 6.92 Å². The molecular formula is C2H8O7P2Zn. The largest absolute Gasteiger partial charge is 0.369 e. The van der Waals surface area contributed by atoms with E-state index >= 15 is 0 Å². The molecule has 0 unspecified atom stereocenters. The minimum absolute atomic E-state index is 0. The normalized spacial score (nSPS) is 13.8. The maximum Gasteiger partial charge on any atom is 0.369 e. The maximum absolute atomic E-state index is 10.3. The molecule has 0 spiro atoms. The molecule has 0 radical (unpaired) electrons. The summed E-state index contributed by atoms with van der Waals surface area (Å²) in [6.07, 6.45) is 0. The Morgan fingerprint density at radius 1 is 1.00 bits per heavy atom. The molecule has 0 aromatic heterocycles. The monoisotopic (exact) mass is 270 g/mol. The van der Waals surface area contributed by atoms with Crippen molar-refractivity contribution in [3.8, 4) is 0 Å². The number of rotatable bonds is 2. The van der Waals surface area contributed by atoms with Crippen molar-refractivity contribution in [2.45, 2.75) is 12.0 Å². The molecule has 7 nitrogen and oxygen atoms in total. The Labute approximate surface area is 80.9 Å². The third kappa shape index (κ3) is 2.98. The summed E-state index contributed by atoms with van der Waals surface area (Å²) in [5.41, 5.74) is 0. The van der Waals surface area contributed by atoms with Gasteiger partial charge in [-0.2, -0.15) is 0 Å². The SMILES string of the molecule is CC(O)(P(=O)(O)O)P(=O)(O)O.[Zn]. The van der Waals surface area contributed by atoms with Crippen LogP contribution in [-0.4, -0.2) is 29.8 Å². The fourth-order valence-corrected chi connectivity index (χ4v) is 1.53. The number of hydrogen-bond donors (Lipinski definition) is 5. The molecule has 10 heteroatoms. The Balaban J connectivity index is 0. The van der Waals surface area contributed by atoms with E-state index in [-0.39, 0.29) is 19.5 Å². The summed E-state index contributed by atoms with van der Waals surface area (Å²) in [5, 5.41) is 5.37. The van der Waals surface area contributed by atoms with Gasteiger partial charge in [-0.15, -0.1) is 0 Å². The molecule has 0 heterocycles. The predicted octanol–water partition coefficient (Wildman–Crippen LogP) is -0.995. The van der Waals surface area contributed by atoms with Crippen LogP contribution in [0.4, 0.5) is 0 Å². The molecule has 70 valence electrons. The first-order chi connectivity index (χ1) is 4.50. The molecular weight excluding hydrogens is 263 g/mol. The Kier molecular flexibility index (Phi) is 5.05. The van der Waals surface area contributed by atoms with Crippen molar-refractivity contribution in [2.75, 3.05) is 0 Å². The fourth-order valence-electron chi connectivity index (χ4n) is 0.170. The first kappa shape index (κ1) is 15.4. The molecule has 0 aromatic carbocycles. The molecule has 0 saturated carbocycles. The topological polar surface area (TPSA) is 135 Å². The van der Waals surface area contributed by atoms with Gasteiger partial charge in [0.25, 0.3) is 5.08 Å². The van der Waals surface area contributed by atoms with Gasteiger partial charge in [-0.05, 0) is 6.92 Å². The summed E-state index contributed by atoms with van der Waals surface area (Å²) >= 11 is 0. The third-order valence-electron chi connectivity index (χ3n) is 1.10. The van der Waals surface area contributed by atoms with E-state index in [0.717, 1.165) is 0 Å². The van der Waals surface area contributed by atoms with Crippen LogP contribution in [0.3, 0.4) is 0 Å². The first-order valence-corrected chi connectivity index (χ1v) is 5.56. The third-order valence-corrected chi connectivity index (χ3v) is 4.87. The van der Waals surface area contributed by atoms with E-state index < -0.39 is 20.3 Å². The van der Waals surface area contributed by atoms with Crippen LogP contribution in [0.5, 0.6) is 0 Å². The molecule has 0 aliphatic rings. The van der Waals surface area contributed by atoms with Crippen molar-refractivity contribution >= 4 is 15.2 Å². The summed E-state index contributed by atoms with van der Waals surface area (Å²) in [6, 6.07) is 0. The second-order valence-electron chi connectivity index (χ2n) is 2.06. The zero-order chi connectivity index (χ0) is 9.50. The Hall–Kier alpha value is 0.883. The van der Waals surface area contributed by atoms with E-state index in [2.05, 4.69) is 0 Å². The zero-order valence-electron chi connectivity index (χ0n) is 6.15. The molecule has 0 rings (SSSR count). The van der Waals surface area contributed by atoms with Gasteiger partial charge in [0.2, 0.25) is 0 Å². The average molecular weight is 271 g/mol. The standard InChI is InChI=1S/C2H8O7P2.Zn/c1-2(3,10(4,5)6)11(7,8)9;/h3H,1H3,(H2,4,5,6)(H2,7,8,9);. The average Bonchev–Trinajstić information content (AvgIpc) is 1.58. The van der Waals surface area contributed by atoms with Gasteiger partial charge in [0, 0.05) is 19.5 Å². The van der Waals surface area contributed by atoms with Gasteiger partial charge in [0.05, 0.1) is 0 Å². The Morgan fingerprint density at radius 2 is 1.17 bits per heavy atom. The van der Waals surface area contributed by atoms with Gasteiger partial charge in [0.15, 0.2) is 0 Å². The molecule has 0 bridgehead atoms. The van der Waals surface area contributed by atoms with Crippen LogP contribution >= 0.6 is 15.2 Å². The Bertz CT molecular complexity index is 212. The van der Waals surface area contributed by atoms with Crippen molar-refractivity contribution in [1.29, 1.82) is 0 Å². The minimum Gasteiger partial charge on any atom is -0.368 e. The van der Waals surface area contributed by atoms with Crippen LogP contribution in [0, 0.1) is 0 Å². The molecule has 0 atom stereocenters. The molecule has 0 aliphatic carbocycles. The second kappa shape index (κ2) is 3.95. The van der Waals surface area contributed by atoms with Gasteiger partial charge in [0.1, 0.15) is 0 Å². The molecule has 5 N–H and O–H groups in total. The molecule has 0 saturated heterocycles. The van der Waals surface area contributed by atoms with Gasteiger partial charge < -0.3 is 24.7 Å². The quantitative estimate of drug-likeness (QED) is 0.321. The summed E-state index contributed by atoms with van der Waals surface area (Å²) in [6.45, 7) is 0.383. The van der Waals surface area contributed by atoms with Crippen LogP contribution in [0.15, 0.2) is 0 Å². The molecule has 0 aliphatic heterocycles. The maximum atomic E-state index is 10.3. The van der Waals surface area contributed by atoms with E-state index in [1.165, 1.54) is 0 Å². The van der Waals surface area contributed by atoms with Crippen molar-refractivity contribution in [3.63, 3.8) is 0 Å². The van der Waals surface area contributed by atoms with Gasteiger partial charge in [-0.3, -0.25) is 9.13 Å². The molecule has 12 heavy (non-hydrogen) atoms. The first-order valence-electron chi connectivity index (χ1n) is 2.34. The Morgan fingerprint density at radius 3 is 1.17 bits per heavy atom. The van der Waals surface area contributed by atoms with Gasteiger partial charge in [-0.25, -0.2) is 0 Å². The molecule has 0 amide bonds.